The highest BCUT2D eigenvalue weighted by Crippen LogP contribution is 2.16. The number of hydrogen-bond donors (Lipinski definition) is 0. The lowest BCUT2D eigenvalue weighted by Crippen LogP contribution is -2.14. The van der Waals surface area contributed by atoms with Gasteiger partial charge in [0.2, 0.25) is 0 Å². The summed E-state index contributed by atoms with van der Waals surface area (Å²) in [7, 11) is 0. The molecule has 0 radical (unpaired) electrons. The Bertz CT molecular complexity index is 67.7. The monoisotopic (exact) mass is 144 g/mol. The summed E-state index contributed by atoms with van der Waals surface area (Å²) in [4.78, 5) is 8.00. The second kappa shape index (κ2) is 6.75. The Kier molecular flexibility index (Phi) is 6.50. The molecule has 1 heterocycles. The van der Waals surface area contributed by atoms with Gasteiger partial charge in [-0.1, -0.05) is 13.3 Å². The molecule has 0 unspecified atom stereocenters. The van der Waals surface area contributed by atoms with E-state index in [-0.39, 0.29) is 0 Å². The van der Waals surface area contributed by atoms with Crippen molar-refractivity contribution in [1.82, 2.24) is 0 Å². The summed E-state index contributed by atoms with van der Waals surface area (Å²) in [6, 6.07) is 0. The average molecular weight is 144 g/mol. The molecule has 2 nitrogen and oxygen atoms in total. The van der Waals surface area contributed by atoms with Gasteiger partial charge >= 0.3 is 0 Å². The van der Waals surface area contributed by atoms with E-state index in [0.717, 1.165) is 19.1 Å². The summed E-state index contributed by atoms with van der Waals surface area (Å²) < 4.78 is 5.20. The number of carbonyl (C=O) groups excluding carboxylic acids is 1. The molecule has 0 aromatic rings. The highest BCUT2D eigenvalue weighted by Gasteiger charge is 2.09. The largest absolute Gasteiger partial charge is 0.381 e. The summed E-state index contributed by atoms with van der Waals surface area (Å²) in [5.74, 6) is 0.962. The van der Waals surface area contributed by atoms with Gasteiger partial charge in [-0.15, -0.1) is 0 Å². The molecule has 1 aliphatic heterocycles. The van der Waals surface area contributed by atoms with Crippen molar-refractivity contribution in [3.05, 3.63) is 0 Å². The molecule has 0 aromatic carbocycles. The van der Waals surface area contributed by atoms with Gasteiger partial charge in [0.1, 0.15) is 6.79 Å². The second-order valence-electron chi connectivity index (χ2n) is 2.46. The Morgan fingerprint density at radius 3 is 2.20 bits per heavy atom. The van der Waals surface area contributed by atoms with Gasteiger partial charge in [0, 0.05) is 13.2 Å². The summed E-state index contributed by atoms with van der Waals surface area (Å²) >= 11 is 0. The van der Waals surface area contributed by atoms with Gasteiger partial charge in [0.25, 0.3) is 0 Å². The van der Waals surface area contributed by atoms with Crippen LogP contribution >= 0.6 is 0 Å². The third kappa shape index (κ3) is 3.62. The fourth-order valence-corrected chi connectivity index (χ4v) is 1.15. The lowest BCUT2D eigenvalue weighted by Gasteiger charge is -2.19. The highest BCUT2D eigenvalue weighted by atomic mass is 16.5. The van der Waals surface area contributed by atoms with E-state index in [1.54, 1.807) is 0 Å². The molecule has 0 aliphatic carbocycles. The van der Waals surface area contributed by atoms with Gasteiger partial charge in [0.05, 0.1) is 0 Å². The zero-order valence-corrected chi connectivity index (χ0v) is 6.64. The standard InChI is InChI=1S/C7H14O.CH2O/c1-2-7-3-5-8-6-4-7;1-2/h7H,2-6H2,1H3;1H2. The van der Waals surface area contributed by atoms with Crippen molar-refractivity contribution in [3.63, 3.8) is 0 Å². The lowest BCUT2D eigenvalue weighted by atomic mass is 9.98. The maximum atomic E-state index is 8.00. The lowest BCUT2D eigenvalue weighted by molar-refractivity contribution is -0.0979. The Balaban J connectivity index is 0.000000371. The average Bonchev–Trinajstić information content (AvgIpc) is 2.10. The number of ether oxygens (including phenoxy) is 1. The number of rotatable bonds is 1. The molecule has 0 saturated carbocycles. The normalized spacial score (nSPS) is 19.3. The first-order valence-corrected chi connectivity index (χ1v) is 3.80. The predicted molar refractivity (Wildman–Crippen MR) is 41.0 cm³/mol. The second-order valence-corrected chi connectivity index (χ2v) is 2.46. The summed E-state index contributed by atoms with van der Waals surface area (Å²) in [6.07, 6.45) is 3.91. The minimum atomic E-state index is 0.962. The molecule has 0 N–H and O–H groups in total. The molecule has 0 amide bonds. The Labute approximate surface area is 62.6 Å². The van der Waals surface area contributed by atoms with E-state index in [4.69, 9.17) is 9.53 Å². The molecule has 10 heavy (non-hydrogen) atoms. The molecule has 0 atom stereocenters. The molecule has 1 rings (SSSR count). The first-order valence-electron chi connectivity index (χ1n) is 3.80. The fourth-order valence-electron chi connectivity index (χ4n) is 1.15. The molecule has 2 heteroatoms. The molecular formula is C8H16O2. The van der Waals surface area contributed by atoms with Crippen LogP contribution in [-0.4, -0.2) is 20.0 Å². The van der Waals surface area contributed by atoms with E-state index in [2.05, 4.69) is 6.92 Å². The van der Waals surface area contributed by atoms with Crippen molar-refractivity contribution < 1.29 is 9.53 Å². The molecule has 1 saturated heterocycles. The third-order valence-electron chi connectivity index (χ3n) is 1.92. The van der Waals surface area contributed by atoms with Crippen LogP contribution < -0.4 is 0 Å². The van der Waals surface area contributed by atoms with E-state index in [0.29, 0.717) is 0 Å². The predicted octanol–water partition coefficient (Wildman–Crippen LogP) is 1.64. The SMILES string of the molecule is C=O.CCC1CCOCC1. The molecule has 60 valence electrons. The van der Waals surface area contributed by atoms with Crippen LogP contribution in [0.4, 0.5) is 0 Å². The minimum Gasteiger partial charge on any atom is -0.381 e. The first kappa shape index (κ1) is 9.63. The van der Waals surface area contributed by atoms with Crippen LogP contribution in [0, 0.1) is 5.92 Å². The van der Waals surface area contributed by atoms with Crippen molar-refractivity contribution in [2.75, 3.05) is 13.2 Å². The van der Waals surface area contributed by atoms with Crippen LogP contribution in [0.15, 0.2) is 0 Å². The quantitative estimate of drug-likeness (QED) is 0.559. The maximum Gasteiger partial charge on any atom is 0.106 e. The zero-order chi connectivity index (χ0) is 7.82. The molecule has 0 bridgehead atoms. The van der Waals surface area contributed by atoms with Crippen molar-refractivity contribution in [3.8, 4) is 0 Å². The van der Waals surface area contributed by atoms with Gasteiger partial charge in [-0.05, 0) is 18.8 Å². The van der Waals surface area contributed by atoms with E-state index in [1.165, 1.54) is 19.3 Å². The van der Waals surface area contributed by atoms with Crippen LogP contribution in [0.2, 0.25) is 0 Å². The Hall–Kier alpha value is -0.370. The fraction of sp³-hybridized carbons (Fsp3) is 0.875. The van der Waals surface area contributed by atoms with E-state index in [9.17, 15) is 0 Å². The van der Waals surface area contributed by atoms with Crippen LogP contribution in [0.1, 0.15) is 26.2 Å². The van der Waals surface area contributed by atoms with Crippen molar-refractivity contribution in [2.24, 2.45) is 5.92 Å². The molecular weight excluding hydrogens is 128 g/mol. The van der Waals surface area contributed by atoms with Crippen molar-refractivity contribution in [2.45, 2.75) is 26.2 Å². The highest BCUT2D eigenvalue weighted by molar-refractivity contribution is 5.10. The van der Waals surface area contributed by atoms with Crippen molar-refractivity contribution >= 4 is 6.79 Å². The molecule has 0 spiro atoms. The van der Waals surface area contributed by atoms with E-state index in [1.807, 2.05) is 6.79 Å². The van der Waals surface area contributed by atoms with Gasteiger partial charge < -0.3 is 9.53 Å². The number of hydrogen-bond acceptors (Lipinski definition) is 2. The van der Waals surface area contributed by atoms with E-state index >= 15 is 0 Å². The van der Waals surface area contributed by atoms with Crippen LogP contribution in [0.3, 0.4) is 0 Å². The number of carbonyl (C=O) groups is 1. The zero-order valence-electron chi connectivity index (χ0n) is 6.64. The van der Waals surface area contributed by atoms with Crippen LogP contribution in [-0.2, 0) is 9.53 Å². The van der Waals surface area contributed by atoms with Gasteiger partial charge in [-0.25, -0.2) is 0 Å². The molecule has 1 fully saturated rings. The van der Waals surface area contributed by atoms with Gasteiger partial charge in [-0.2, -0.15) is 0 Å². The molecule has 0 aromatic heterocycles. The summed E-state index contributed by atoms with van der Waals surface area (Å²) in [5.41, 5.74) is 0. The van der Waals surface area contributed by atoms with Crippen LogP contribution in [0.5, 0.6) is 0 Å². The molecule has 1 aliphatic rings. The summed E-state index contributed by atoms with van der Waals surface area (Å²) in [6.45, 7) is 6.26. The smallest absolute Gasteiger partial charge is 0.106 e. The van der Waals surface area contributed by atoms with Gasteiger partial charge in [-0.3, -0.25) is 0 Å². The first-order chi connectivity index (χ1) is 4.93. The van der Waals surface area contributed by atoms with Crippen LogP contribution in [0.25, 0.3) is 0 Å². The minimum absolute atomic E-state index is 0.962. The van der Waals surface area contributed by atoms with Crippen molar-refractivity contribution in [1.29, 1.82) is 0 Å². The Morgan fingerprint density at radius 2 is 1.90 bits per heavy atom. The Morgan fingerprint density at radius 1 is 1.40 bits per heavy atom. The third-order valence-corrected chi connectivity index (χ3v) is 1.92. The summed E-state index contributed by atoms with van der Waals surface area (Å²) in [5, 5.41) is 0. The van der Waals surface area contributed by atoms with E-state index < -0.39 is 0 Å². The topological polar surface area (TPSA) is 26.3 Å². The maximum absolute atomic E-state index is 8.00. The van der Waals surface area contributed by atoms with Gasteiger partial charge in [0.15, 0.2) is 0 Å².